The molecular weight excluding hydrogens is 264 g/mol. The Morgan fingerprint density at radius 3 is 2.10 bits per heavy atom. The number of hydrogen-bond acceptors (Lipinski definition) is 3. The minimum absolute atomic E-state index is 0.312. The normalized spacial score (nSPS) is 17.9. The van der Waals surface area contributed by atoms with Crippen molar-refractivity contribution in [1.29, 1.82) is 0 Å². The predicted molar refractivity (Wildman–Crippen MR) is 87.6 cm³/mol. The molecule has 1 fully saturated rings. The van der Waals surface area contributed by atoms with Crippen molar-refractivity contribution in [3.63, 3.8) is 0 Å². The summed E-state index contributed by atoms with van der Waals surface area (Å²) in [6.07, 6.45) is 7.71. The quantitative estimate of drug-likeness (QED) is 0.548. The van der Waals surface area contributed by atoms with Crippen molar-refractivity contribution in [2.45, 2.75) is 71.3 Å². The molecule has 1 rings (SSSR count). The standard InChI is InChI=1S/C17H34N2O2/c1-4-7-12-19(13-8-5-2)14-17(16(20)21,15-9-10-15)18-11-6-3/h15,18H,4-14H2,1-3H3,(H,20,21). The SMILES string of the molecule is CCCCN(CCCC)CC(NCCC)(C(=O)O)C1CC1. The number of nitrogens with zero attached hydrogens (tertiary/aromatic N) is 1. The highest BCUT2D eigenvalue weighted by Crippen LogP contribution is 2.40. The van der Waals surface area contributed by atoms with Gasteiger partial charge in [0.25, 0.3) is 0 Å². The first-order valence-electron chi connectivity index (χ1n) is 8.81. The minimum atomic E-state index is -0.725. The van der Waals surface area contributed by atoms with Crippen LogP contribution in [0.25, 0.3) is 0 Å². The molecule has 0 aliphatic heterocycles. The zero-order valence-corrected chi connectivity index (χ0v) is 14.2. The van der Waals surface area contributed by atoms with Gasteiger partial charge in [0.2, 0.25) is 0 Å². The number of aliphatic carboxylic acids is 1. The highest BCUT2D eigenvalue weighted by Gasteiger charge is 2.51. The molecule has 0 saturated heterocycles. The zero-order valence-electron chi connectivity index (χ0n) is 14.2. The molecule has 0 aromatic heterocycles. The lowest BCUT2D eigenvalue weighted by atomic mass is 9.91. The van der Waals surface area contributed by atoms with Gasteiger partial charge in [-0.15, -0.1) is 0 Å². The number of carboxylic acids is 1. The van der Waals surface area contributed by atoms with E-state index in [0.717, 1.165) is 64.6 Å². The monoisotopic (exact) mass is 298 g/mol. The summed E-state index contributed by atoms with van der Waals surface area (Å²) in [4.78, 5) is 14.4. The van der Waals surface area contributed by atoms with Gasteiger partial charge in [0.1, 0.15) is 5.54 Å². The lowest BCUT2D eigenvalue weighted by Gasteiger charge is -2.36. The molecule has 1 unspecified atom stereocenters. The summed E-state index contributed by atoms with van der Waals surface area (Å²) in [6.45, 7) is 9.97. The third-order valence-electron chi connectivity index (χ3n) is 4.48. The molecule has 0 heterocycles. The molecule has 0 aromatic carbocycles. The van der Waals surface area contributed by atoms with Crippen molar-refractivity contribution in [2.75, 3.05) is 26.2 Å². The molecule has 0 spiro atoms. The van der Waals surface area contributed by atoms with Crippen molar-refractivity contribution in [3.8, 4) is 0 Å². The second-order valence-electron chi connectivity index (χ2n) is 6.46. The smallest absolute Gasteiger partial charge is 0.325 e. The van der Waals surface area contributed by atoms with Crippen molar-refractivity contribution in [2.24, 2.45) is 5.92 Å². The van der Waals surface area contributed by atoms with Crippen LogP contribution in [0, 0.1) is 5.92 Å². The molecule has 1 aliphatic carbocycles. The molecule has 2 N–H and O–H groups in total. The minimum Gasteiger partial charge on any atom is -0.480 e. The fourth-order valence-electron chi connectivity index (χ4n) is 2.96. The molecule has 1 aliphatic rings. The Hall–Kier alpha value is -0.610. The molecule has 4 nitrogen and oxygen atoms in total. The summed E-state index contributed by atoms with van der Waals surface area (Å²) in [7, 11) is 0. The molecule has 21 heavy (non-hydrogen) atoms. The van der Waals surface area contributed by atoms with Crippen LogP contribution in [0.3, 0.4) is 0 Å². The van der Waals surface area contributed by atoms with Crippen LogP contribution in [0.4, 0.5) is 0 Å². The zero-order chi connectivity index (χ0) is 15.7. The number of carboxylic acid groups (broad SMARTS) is 1. The first kappa shape index (κ1) is 18.4. The molecule has 4 heteroatoms. The Morgan fingerprint density at radius 1 is 1.14 bits per heavy atom. The Balaban J connectivity index is 2.76. The van der Waals surface area contributed by atoms with E-state index < -0.39 is 11.5 Å². The van der Waals surface area contributed by atoms with E-state index in [1.54, 1.807) is 0 Å². The van der Waals surface area contributed by atoms with Crippen molar-refractivity contribution in [1.82, 2.24) is 10.2 Å². The fraction of sp³-hybridized carbons (Fsp3) is 0.941. The van der Waals surface area contributed by atoms with Gasteiger partial charge in [0, 0.05) is 6.54 Å². The van der Waals surface area contributed by atoms with Crippen molar-refractivity contribution >= 4 is 5.97 Å². The van der Waals surface area contributed by atoms with Crippen LogP contribution < -0.4 is 5.32 Å². The summed E-state index contributed by atoms with van der Waals surface area (Å²) >= 11 is 0. The van der Waals surface area contributed by atoms with Crippen LogP contribution >= 0.6 is 0 Å². The van der Waals surface area contributed by atoms with Gasteiger partial charge in [-0.3, -0.25) is 4.79 Å². The Morgan fingerprint density at radius 2 is 1.71 bits per heavy atom. The third-order valence-corrected chi connectivity index (χ3v) is 4.48. The van der Waals surface area contributed by atoms with Crippen LogP contribution in [-0.4, -0.2) is 47.7 Å². The summed E-state index contributed by atoms with van der Waals surface area (Å²) in [5.74, 6) is -0.344. The molecular formula is C17H34N2O2. The summed E-state index contributed by atoms with van der Waals surface area (Å²) < 4.78 is 0. The van der Waals surface area contributed by atoms with E-state index >= 15 is 0 Å². The molecule has 0 amide bonds. The maximum Gasteiger partial charge on any atom is 0.325 e. The average Bonchev–Trinajstić information content (AvgIpc) is 3.30. The van der Waals surface area contributed by atoms with Crippen molar-refractivity contribution < 1.29 is 9.90 Å². The van der Waals surface area contributed by atoms with E-state index in [9.17, 15) is 9.90 Å². The van der Waals surface area contributed by atoms with Gasteiger partial charge in [0.15, 0.2) is 0 Å². The van der Waals surface area contributed by atoms with E-state index in [0.29, 0.717) is 12.5 Å². The second-order valence-corrected chi connectivity index (χ2v) is 6.46. The Labute approximate surface area is 130 Å². The number of carbonyl (C=O) groups is 1. The molecule has 0 bridgehead atoms. The third kappa shape index (κ3) is 5.59. The van der Waals surface area contributed by atoms with Crippen LogP contribution in [0.1, 0.15) is 65.7 Å². The van der Waals surface area contributed by atoms with E-state index in [1.807, 2.05) is 0 Å². The summed E-state index contributed by atoms with van der Waals surface area (Å²) in [5, 5.41) is 13.3. The predicted octanol–water partition coefficient (Wildman–Crippen LogP) is 3.12. The topological polar surface area (TPSA) is 52.6 Å². The van der Waals surface area contributed by atoms with Gasteiger partial charge < -0.3 is 15.3 Å². The lowest BCUT2D eigenvalue weighted by molar-refractivity contribution is -0.147. The van der Waals surface area contributed by atoms with Crippen LogP contribution in [-0.2, 0) is 4.79 Å². The van der Waals surface area contributed by atoms with Gasteiger partial charge in [-0.05, 0) is 57.7 Å². The molecule has 1 atom stereocenters. The Bertz CT molecular complexity index is 297. The largest absolute Gasteiger partial charge is 0.480 e. The lowest BCUT2D eigenvalue weighted by Crippen LogP contribution is -2.61. The molecule has 0 aromatic rings. The average molecular weight is 298 g/mol. The van der Waals surface area contributed by atoms with Crippen LogP contribution in [0.15, 0.2) is 0 Å². The highest BCUT2D eigenvalue weighted by molar-refractivity contribution is 5.80. The number of hydrogen-bond donors (Lipinski definition) is 2. The number of unbranched alkanes of at least 4 members (excludes halogenated alkanes) is 2. The van der Waals surface area contributed by atoms with Gasteiger partial charge in [-0.25, -0.2) is 0 Å². The van der Waals surface area contributed by atoms with Gasteiger partial charge in [0.05, 0.1) is 0 Å². The van der Waals surface area contributed by atoms with Gasteiger partial charge in [-0.1, -0.05) is 33.6 Å². The maximum atomic E-state index is 12.0. The van der Waals surface area contributed by atoms with Gasteiger partial charge in [-0.2, -0.15) is 0 Å². The first-order chi connectivity index (χ1) is 10.1. The van der Waals surface area contributed by atoms with E-state index in [-0.39, 0.29) is 0 Å². The van der Waals surface area contributed by atoms with Crippen molar-refractivity contribution in [3.05, 3.63) is 0 Å². The van der Waals surface area contributed by atoms with Gasteiger partial charge >= 0.3 is 5.97 Å². The van der Waals surface area contributed by atoms with Crippen LogP contribution in [0.5, 0.6) is 0 Å². The maximum absolute atomic E-state index is 12.0. The van der Waals surface area contributed by atoms with Crippen LogP contribution in [0.2, 0.25) is 0 Å². The summed E-state index contributed by atoms with van der Waals surface area (Å²) in [6, 6.07) is 0. The Kier molecular flexibility index (Phi) is 8.27. The molecule has 1 saturated carbocycles. The fourth-order valence-corrected chi connectivity index (χ4v) is 2.96. The number of nitrogens with one attached hydrogen (secondary N) is 1. The van der Waals surface area contributed by atoms with E-state index in [4.69, 9.17) is 0 Å². The molecule has 124 valence electrons. The van der Waals surface area contributed by atoms with E-state index in [2.05, 4.69) is 31.0 Å². The second kappa shape index (κ2) is 9.42. The first-order valence-corrected chi connectivity index (χ1v) is 8.81. The highest BCUT2D eigenvalue weighted by atomic mass is 16.4. The van der Waals surface area contributed by atoms with E-state index in [1.165, 1.54) is 0 Å². The number of rotatable bonds is 13. The molecule has 0 radical (unpaired) electrons. The summed E-state index contributed by atoms with van der Waals surface area (Å²) in [5.41, 5.74) is -0.725.